The van der Waals surface area contributed by atoms with E-state index in [1.165, 1.54) is 121 Å². The highest BCUT2D eigenvalue weighted by Crippen LogP contribution is 2.30. The maximum Gasteiger partial charge on any atom is 0.0657 e. The number of nitrogens with zero attached hydrogens (tertiary/aromatic N) is 1. The van der Waals surface area contributed by atoms with Gasteiger partial charge in [-0.2, -0.15) is 0 Å². The molecule has 0 aliphatic heterocycles. The largest absolute Gasteiger partial charge is 0.264 e. The second kappa shape index (κ2) is 18.9. The topological polar surface area (TPSA) is 12.4 Å². The summed E-state index contributed by atoms with van der Waals surface area (Å²) in [6.07, 6.45) is 25.7. The third-order valence-electron chi connectivity index (χ3n) is 6.38. The van der Waals surface area contributed by atoms with Crippen molar-refractivity contribution in [2.24, 2.45) is 4.99 Å². The molecule has 1 heteroatoms. The molecule has 0 amide bonds. The van der Waals surface area contributed by atoms with Crippen molar-refractivity contribution in [1.29, 1.82) is 0 Å². The highest BCUT2D eigenvalue weighted by Gasteiger charge is 2.08. The van der Waals surface area contributed by atoms with Crippen molar-refractivity contribution in [3.05, 3.63) is 29.8 Å². The van der Waals surface area contributed by atoms with E-state index in [2.05, 4.69) is 49.8 Å². The van der Waals surface area contributed by atoms with Crippen molar-refractivity contribution in [2.75, 3.05) is 0 Å². The van der Waals surface area contributed by atoms with E-state index in [9.17, 15) is 0 Å². The zero-order valence-corrected chi connectivity index (χ0v) is 19.8. The van der Waals surface area contributed by atoms with Gasteiger partial charge in [0.2, 0.25) is 0 Å². The minimum absolute atomic E-state index is 0.591. The molecular weight excluding hydrogens is 350 g/mol. The molecule has 0 aliphatic rings. The van der Waals surface area contributed by atoms with Gasteiger partial charge >= 0.3 is 0 Å². The minimum atomic E-state index is 0.591. The Labute approximate surface area is 182 Å². The number of rotatable bonds is 20. The summed E-state index contributed by atoms with van der Waals surface area (Å²) in [6.45, 7) is 8.33. The maximum absolute atomic E-state index is 4.17. The fraction of sp³-hybridized carbons (Fsp3) is 0.750. The Morgan fingerprint density at radius 1 is 0.655 bits per heavy atom. The van der Waals surface area contributed by atoms with Crippen LogP contribution in [0.15, 0.2) is 29.3 Å². The van der Waals surface area contributed by atoms with E-state index in [1.807, 2.05) is 0 Å². The predicted octanol–water partition coefficient (Wildman–Crippen LogP) is 10.2. The van der Waals surface area contributed by atoms with Crippen molar-refractivity contribution in [2.45, 2.75) is 135 Å². The third kappa shape index (κ3) is 13.7. The summed E-state index contributed by atoms with van der Waals surface area (Å²) in [6, 6.07) is 8.46. The van der Waals surface area contributed by atoms with Gasteiger partial charge in [0.25, 0.3) is 0 Å². The molecule has 29 heavy (non-hydrogen) atoms. The third-order valence-corrected chi connectivity index (χ3v) is 6.38. The average molecular weight is 400 g/mol. The summed E-state index contributed by atoms with van der Waals surface area (Å²) in [4.78, 5) is 4.17. The van der Waals surface area contributed by atoms with Crippen LogP contribution in [0.1, 0.15) is 141 Å². The first-order valence-electron chi connectivity index (χ1n) is 12.8. The van der Waals surface area contributed by atoms with Gasteiger partial charge in [0.15, 0.2) is 0 Å². The fourth-order valence-corrected chi connectivity index (χ4v) is 4.38. The lowest BCUT2D eigenvalue weighted by atomic mass is 9.93. The van der Waals surface area contributed by atoms with Gasteiger partial charge in [-0.25, -0.2) is 0 Å². The SMILES string of the molecule is C=Nc1ccccc1C(C)CCCCCCCCCCCCCCCCCCC. The molecule has 1 nitrogen and oxygen atoms in total. The second-order valence-corrected chi connectivity index (χ2v) is 9.06. The summed E-state index contributed by atoms with van der Waals surface area (Å²) in [5, 5.41) is 0. The van der Waals surface area contributed by atoms with Crippen LogP contribution in [0.4, 0.5) is 5.69 Å². The Morgan fingerprint density at radius 2 is 1.07 bits per heavy atom. The molecular formula is C28H49N. The van der Waals surface area contributed by atoms with Crippen LogP contribution in [0.5, 0.6) is 0 Å². The van der Waals surface area contributed by atoms with Gasteiger partial charge in [-0.15, -0.1) is 0 Å². The Kier molecular flexibility index (Phi) is 16.9. The summed E-state index contributed by atoms with van der Waals surface area (Å²) >= 11 is 0. The lowest BCUT2D eigenvalue weighted by Gasteiger charge is -2.14. The van der Waals surface area contributed by atoms with Crippen LogP contribution in [0, 0.1) is 0 Å². The Morgan fingerprint density at radius 3 is 1.52 bits per heavy atom. The average Bonchev–Trinajstić information content (AvgIpc) is 2.75. The first-order valence-corrected chi connectivity index (χ1v) is 12.8. The highest BCUT2D eigenvalue weighted by molar-refractivity contribution is 5.52. The summed E-state index contributed by atoms with van der Waals surface area (Å²) < 4.78 is 0. The zero-order valence-electron chi connectivity index (χ0n) is 19.8. The smallest absolute Gasteiger partial charge is 0.0657 e. The molecule has 0 aliphatic carbocycles. The lowest BCUT2D eigenvalue weighted by Crippen LogP contribution is -1.94. The molecule has 1 atom stereocenters. The number of para-hydroxylation sites is 1. The molecule has 1 rings (SSSR count). The van der Waals surface area contributed by atoms with Gasteiger partial charge in [-0.3, -0.25) is 4.99 Å². The van der Waals surface area contributed by atoms with Gasteiger partial charge in [0, 0.05) is 0 Å². The van der Waals surface area contributed by atoms with E-state index in [0.29, 0.717) is 5.92 Å². The summed E-state index contributed by atoms with van der Waals surface area (Å²) in [5.74, 6) is 0.591. The molecule has 1 aromatic rings. The van der Waals surface area contributed by atoms with Crippen molar-refractivity contribution >= 4 is 12.4 Å². The van der Waals surface area contributed by atoms with E-state index >= 15 is 0 Å². The van der Waals surface area contributed by atoms with E-state index in [4.69, 9.17) is 0 Å². The Balaban J connectivity index is 1.84. The van der Waals surface area contributed by atoms with Crippen LogP contribution < -0.4 is 0 Å². The van der Waals surface area contributed by atoms with E-state index < -0.39 is 0 Å². The van der Waals surface area contributed by atoms with Crippen LogP contribution >= 0.6 is 0 Å². The zero-order chi connectivity index (χ0) is 21.0. The minimum Gasteiger partial charge on any atom is -0.264 e. The van der Waals surface area contributed by atoms with Crippen molar-refractivity contribution in [3.63, 3.8) is 0 Å². The standard InChI is InChI=1S/C28H49N/c1-4-5-6-7-8-9-10-11-12-13-14-15-16-17-18-19-20-23-26(2)27-24-21-22-25-28(27)29-3/h21-22,24-26H,3-20,23H2,1-2H3. The highest BCUT2D eigenvalue weighted by atomic mass is 14.7. The van der Waals surface area contributed by atoms with E-state index in [1.54, 1.807) is 0 Å². The molecule has 166 valence electrons. The molecule has 0 saturated carbocycles. The predicted molar refractivity (Wildman–Crippen MR) is 133 cm³/mol. The monoisotopic (exact) mass is 399 g/mol. The van der Waals surface area contributed by atoms with Crippen LogP contribution in [-0.4, -0.2) is 6.72 Å². The first kappa shape index (κ1) is 25.9. The molecule has 1 aromatic carbocycles. The van der Waals surface area contributed by atoms with Gasteiger partial charge in [0.05, 0.1) is 5.69 Å². The van der Waals surface area contributed by atoms with Gasteiger partial charge in [0.1, 0.15) is 0 Å². The molecule has 0 fully saturated rings. The van der Waals surface area contributed by atoms with E-state index in [0.717, 1.165) is 5.69 Å². The number of benzene rings is 1. The summed E-state index contributed by atoms with van der Waals surface area (Å²) in [5.41, 5.74) is 2.42. The molecule has 0 saturated heterocycles. The van der Waals surface area contributed by atoms with Crippen LogP contribution in [0.25, 0.3) is 0 Å². The Bertz CT molecular complexity index is 493. The number of aliphatic imine (C=N–C) groups is 1. The van der Waals surface area contributed by atoms with Crippen LogP contribution in [-0.2, 0) is 0 Å². The second-order valence-electron chi connectivity index (χ2n) is 9.06. The number of hydrogen-bond acceptors (Lipinski definition) is 1. The van der Waals surface area contributed by atoms with Crippen molar-refractivity contribution in [3.8, 4) is 0 Å². The van der Waals surface area contributed by atoms with Gasteiger partial charge in [-0.05, 0) is 30.7 Å². The van der Waals surface area contributed by atoms with Crippen molar-refractivity contribution in [1.82, 2.24) is 0 Å². The first-order chi connectivity index (χ1) is 14.3. The van der Waals surface area contributed by atoms with Crippen molar-refractivity contribution < 1.29 is 0 Å². The normalized spacial score (nSPS) is 12.2. The molecule has 0 N–H and O–H groups in total. The molecule has 0 spiro atoms. The van der Waals surface area contributed by atoms with E-state index in [-0.39, 0.29) is 0 Å². The maximum atomic E-state index is 4.17. The van der Waals surface area contributed by atoms with Gasteiger partial charge < -0.3 is 0 Å². The van der Waals surface area contributed by atoms with Crippen LogP contribution in [0.2, 0.25) is 0 Å². The molecule has 0 radical (unpaired) electrons. The molecule has 0 aromatic heterocycles. The quantitative estimate of drug-likeness (QED) is 0.153. The number of unbranched alkanes of at least 4 members (excludes halogenated alkanes) is 16. The van der Waals surface area contributed by atoms with Gasteiger partial charge in [-0.1, -0.05) is 141 Å². The molecule has 0 bridgehead atoms. The molecule has 0 heterocycles. The Hall–Kier alpha value is -1.11. The van der Waals surface area contributed by atoms with Crippen LogP contribution in [0.3, 0.4) is 0 Å². The summed E-state index contributed by atoms with van der Waals surface area (Å²) in [7, 11) is 0. The number of hydrogen-bond donors (Lipinski definition) is 0. The lowest BCUT2D eigenvalue weighted by molar-refractivity contribution is 0.520. The molecule has 1 unspecified atom stereocenters. The fourth-order valence-electron chi connectivity index (χ4n) is 4.38.